The fraction of sp³-hybridized carbons (Fsp3) is 0.382. The zero-order chi connectivity index (χ0) is 27.6. The topological polar surface area (TPSA) is 62.3 Å². The average molecular weight is 522 g/mol. The standard InChI is InChI=1S/C34H39N3O2/c1-5-6-7-12-31(39)37-29-11-9-8-10-27(29)36-28-21-25(23-13-15-26(16-14-23)34(2,3)4)22-30(38)32(28)33(37)24-17-19-35-20-18-24/h8-11,13-20,25,33,36H,5-7,12,21-22H2,1-4H3. The van der Waals surface area contributed by atoms with Gasteiger partial charge in [0.1, 0.15) is 0 Å². The van der Waals surface area contributed by atoms with Gasteiger partial charge in [0.25, 0.3) is 0 Å². The molecule has 2 atom stereocenters. The number of fused-ring (bicyclic) bond motifs is 1. The molecule has 1 aliphatic carbocycles. The molecule has 0 radical (unpaired) electrons. The number of aromatic nitrogens is 1. The van der Waals surface area contributed by atoms with Crippen LogP contribution in [0.25, 0.3) is 0 Å². The van der Waals surface area contributed by atoms with Crippen LogP contribution in [0, 0.1) is 0 Å². The average Bonchev–Trinajstić information content (AvgIpc) is 3.08. The predicted octanol–water partition coefficient (Wildman–Crippen LogP) is 7.86. The minimum Gasteiger partial charge on any atom is -0.357 e. The van der Waals surface area contributed by atoms with Crippen molar-refractivity contribution in [3.63, 3.8) is 0 Å². The molecule has 0 spiro atoms. The zero-order valence-electron chi connectivity index (χ0n) is 23.5. The summed E-state index contributed by atoms with van der Waals surface area (Å²) < 4.78 is 0. The molecular weight excluding hydrogens is 482 g/mol. The van der Waals surface area contributed by atoms with E-state index in [1.54, 1.807) is 12.4 Å². The van der Waals surface area contributed by atoms with E-state index in [0.717, 1.165) is 41.9 Å². The summed E-state index contributed by atoms with van der Waals surface area (Å²) in [5.41, 5.74) is 6.73. The Kier molecular flexibility index (Phi) is 7.69. The van der Waals surface area contributed by atoms with Crippen molar-refractivity contribution < 1.29 is 9.59 Å². The van der Waals surface area contributed by atoms with Gasteiger partial charge in [-0.05, 0) is 65.1 Å². The van der Waals surface area contributed by atoms with E-state index >= 15 is 0 Å². The summed E-state index contributed by atoms with van der Waals surface area (Å²) in [7, 11) is 0. The molecule has 0 saturated carbocycles. The number of hydrogen-bond acceptors (Lipinski definition) is 4. The SMILES string of the molecule is CCCCCC(=O)N1c2ccccc2NC2=C(C(=O)CC(c3ccc(C(C)(C)C)cc3)C2)C1c1ccncc1. The number of allylic oxidation sites excluding steroid dienone is 1. The fourth-order valence-electron chi connectivity index (χ4n) is 5.86. The number of carbonyl (C=O) groups is 2. The molecule has 2 aliphatic rings. The Bertz CT molecular complexity index is 1370. The molecule has 0 saturated heterocycles. The molecule has 2 heterocycles. The van der Waals surface area contributed by atoms with E-state index in [4.69, 9.17) is 0 Å². The lowest BCUT2D eigenvalue weighted by molar-refractivity contribution is -0.119. The second-order valence-electron chi connectivity index (χ2n) is 11.8. The zero-order valence-corrected chi connectivity index (χ0v) is 23.5. The summed E-state index contributed by atoms with van der Waals surface area (Å²) in [6.07, 6.45) is 7.95. The highest BCUT2D eigenvalue weighted by molar-refractivity contribution is 6.06. The Labute approximate surface area is 232 Å². The van der Waals surface area contributed by atoms with Crippen molar-refractivity contribution in [3.8, 4) is 0 Å². The van der Waals surface area contributed by atoms with Crippen molar-refractivity contribution >= 4 is 23.1 Å². The lowest BCUT2D eigenvalue weighted by atomic mass is 9.77. The number of rotatable bonds is 6. The maximum atomic E-state index is 14.1. The summed E-state index contributed by atoms with van der Waals surface area (Å²) in [6, 6.07) is 20.0. The largest absolute Gasteiger partial charge is 0.357 e. The predicted molar refractivity (Wildman–Crippen MR) is 158 cm³/mol. The lowest BCUT2D eigenvalue weighted by Crippen LogP contribution is -2.38. The number of benzene rings is 2. The van der Waals surface area contributed by atoms with Crippen LogP contribution in [0.2, 0.25) is 0 Å². The van der Waals surface area contributed by atoms with Gasteiger partial charge in [-0.2, -0.15) is 0 Å². The molecule has 1 amide bonds. The number of nitrogens with zero attached hydrogens (tertiary/aromatic N) is 2. The molecule has 5 nitrogen and oxygen atoms in total. The summed E-state index contributed by atoms with van der Waals surface area (Å²) in [5.74, 6) is 0.213. The van der Waals surface area contributed by atoms with Crippen molar-refractivity contribution in [3.05, 3.63) is 101 Å². The van der Waals surface area contributed by atoms with Gasteiger partial charge in [0.05, 0.1) is 17.4 Å². The number of pyridine rings is 1. The second kappa shape index (κ2) is 11.2. The Morgan fingerprint density at radius 3 is 2.36 bits per heavy atom. The third-order valence-electron chi connectivity index (χ3n) is 8.02. The maximum Gasteiger partial charge on any atom is 0.227 e. The van der Waals surface area contributed by atoms with Crippen LogP contribution in [0.1, 0.15) is 94.9 Å². The van der Waals surface area contributed by atoms with Crippen LogP contribution in [-0.2, 0) is 15.0 Å². The van der Waals surface area contributed by atoms with Crippen LogP contribution in [0.15, 0.2) is 84.3 Å². The van der Waals surface area contributed by atoms with Gasteiger partial charge in [-0.15, -0.1) is 0 Å². The first kappa shape index (κ1) is 26.9. The monoisotopic (exact) mass is 521 g/mol. The molecule has 3 aromatic rings. The van der Waals surface area contributed by atoms with E-state index in [2.05, 4.69) is 62.3 Å². The second-order valence-corrected chi connectivity index (χ2v) is 11.8. The number of carbonyl (C=O) groups excluding carboxylic acids is 2. The van der Waals surface area contributed by atoms with Gasteiger partial charge >= 0.3 is 0 Å². The molecule has 2 aromatic carbocycles. The molecule has 202 valence electrons. The van der Waals surface area contributed by atoms with Gasteiger partial charge in [-0.25, -0.2) is 0 Å². The van der Waals surface area contributed by atoms with E-state index in [9.17, 15) is 9.59 Å². The third-order valence-corrected chi connectivity index (χ3v) is 8.02. The number of amides is 1. The maximum absolute atomic E-state index is 14.1. The first-order chi connectivity index (χ1) is 18.8. The Balaban J connectivity index is 1.60. The highest BCUT2D eigenvalue weighted by atomic mass is 16.2. The number of anilines is 2. The fourth-order valence-corrected chi connectivity index (χ4v) is 5.86. The number of hydrogen-bond donors (Lipinski definition) is 1. The number of nitrogens with one attached hydrogen (secondary N) is 1. The molecule has 5 rings (SSSR count). The first-order valence-electron chi connectivity index (χ1n) is 14.2. The Hall–Kier alpha value is -3.73. The van der Waals surface area contributed by atoms with Crippen molar-refractivity contribution in [2.75, 3.05) is 10.2 Å². The number of ketones is 1. The smallest absolute Gasteiger partial charge is 0.227 e. The van der Waals surface area contributed by atoms with Gasteiger partial charge in [0.2, 0.25) is 5.91 Å². The van der Waals surface area contributed by atoms with Gasteiger partial charge < -0.3 is 5.32 Å². The molecule has 0 bridgehead atoms. The lowest BCUT2D eigenvalue weighted by Gasteiger charge is -2.35. The molecule has 0 fully saturated rings. The van der Waals surface area contributed by atoms with Gasteiger partial charge in [-0.1, -0.05) is 76.9 Å². The number of unbranched alkanes of at least 4 members (excludes halogenated alkanes) is 2. The Morgan fingerprint density at radius 2 is 1.67 bits per heavy atom. The van der Waals surface area contributed by atoms with Crippen LogP contribution in [0.4, 0.5) is 11.4 Å². The molecule has 39 heavy (non-hydrogen) atoms. The van der Waals surface area contributed by atoms with Crippen molar-refractivity contribution in [2.45, 2.75) is 83.6 Å². The van der Waals surface area contributed by atoms with E-state index in [1.807, 2.05) is 41.3 Å². The van der Waals surface area contributed by atoms with Crippen molar-refractivity contribution in [1.82, 2.24) is 4.98 Å². The molecule has 5 heteroatoms. The number of para-hydroxylation sites is 2. The minimum absolute atomic E-state index is 0.0426. The van der Waals surface area contributed by atoms with Gasteiger partial charge in [-0.3, -0.25) is 19.5 Å². The Morgan fingerprint density at radius 1 is 0.949 bits per heavy atom. The quantitative estimate of drug-likeness (QED) is 0.335. The number of Topliss-reactive ketones (excluding diaryl/α,β-unsaturated/α-hetero) is 1. The van der Waals surface area contributed by atoms with E-state index in [-0.39, 0.29) is 23.0 Å². The normalized spacial score (nSPS) is 19.2. The minimum atomic E-state index is -0.495. The summed E-state index contributed by atoms with van der Waals surface area (Å²) in [4.78, 5) is 34.1. The highest BCUT2D eigenvalue weighted by Gasteiger charge is 2.41. The third kappa shape index (κ3) is 5.54. The van der Waals surface area contributed by atoms with Crippen LogP contribution < -0.4 is 10.2 Å². The summed E-state index contributed by atoms with van der Waals surface area (Å²) in [5, 5.41) is 3.63. The van der Waals surface area contributed by atoms with Crippen molar-refractivity contribution in [1.29, 1.82) is 0 Å². The van der Waals surface area contributed by atoms with Gasteiger partial charge in [0, 0.05) is 36.5 Å². The van der Waals surface area contributed by atoms with E-state index < -0.39 is 6.04 Å². The van der Waals surface area contributed by atoms with Crippen LogP contribution >= 0.6 is 0 Å². The van der Waals surface area contributed by atoms with Crippen LogP contribution in [-0.4, -0.2) is 16.7 Å². The molecular formula is C34H39N3O2. The summed E-state index contributed by atoms with van der Waals surface area (Å²) in [6.45, 7) is 8.78. The molecule has 1 N–H and O–H groups in total. The van der Waals surface area contributed by atoms with Crippen LogP contribution in [0.5, 0.6) is 0 Å². The van der Waals surface area contributed by atoms with E-state index in [1.165, 1.54) is 11.1 Å². The van der Waals surface area contributed by atoms with Gasteiger partial charge in [0.15, 0.2) is 5.78 Å². The highest BCUT2D eigenvalue weighted by Crippen LogP contribution is 2.47. The summed E-state index contributed by atoms with van der Waals surface area (Å²) >= 11 is 0. The molecule has 1 aliphatic heterocycles. The molecule has 2 unspecified atom stereocenters. The molecule has 1 aromatic heterocycles. The first-order valence-corrected chi connectivity index (χ1v) is 14.2. The van der Waals surface area contributed by atoms with Crippen molar-refractivity contribution in [2.24, 2.45) is 0 Å². The van der Waals surface area contributed by atoms with E-state index in [0.29, 0.717) is 24.8 Å². The van der Waals surface area contributed by atoms with Crippen LogP contribution in [0.3, 0.4) is 0 Å².